The number of nitrogens with zero attached hydrogens (tertiary/aromatic N) is 3. The summed E-state index contributed by atoms with van der Waals surface area (Å²) in [6, 6.07) is 13.5. The Kier molecular flexibility index (Phi) is 5.41. The van der Waals surface area contributed by atoms with Gasteiger partial charge in [-0.1, -0.05) is 18.2 Å². The molecule has 3 saturated heterocycles. The number of piperazine rings is 1. The molecule has 1 unspecified atom stereocenters. The summed E-state index contributed by atoms with van der Waals surface area (Å²) in [5.41, 5.74) is -0.310. The Hall–Kier alpha value is -2.91. The first-order chi connectivity index (χ1) is 15.8. The largest absolute Gasteiger partial charge is 0.416 e. The lowest BCUT2D eigenvalue weighted by molar-refractivity contribution is -0.148. The fourth-order valence-corrected chi connectivity index (χ4v) is 5.19. The van der Waals surface area contributed by atoms with Crippen LogP contribution in [0.2, 0.25) is 0 Å². The van der Waals surface area contributed by atoms with E-state index in [4.69, 9.17) is 4.74 Å². The molecule has 1 spiro atoms. The van der Waals surface area contributed by atoms with Gasteiger partial charge in [-0.3, -0.25) is 14.5 Å². The Morgan fingerprint density at radius 1 is 0.879 bits per heavy atom. The first-order valence-corrected chi connectivity index (χ1v) is 10.9. The van der Waals surface area contributed by atoms with Gasteiger partial charge in [-0.05, 0) is 36.4 Å². The summed E-state index contributed by atoms with van der Waals surface area (Å²) in [6.45, 7) is 3.73. The van der Waals surface area contributed by atoms with Crippen molar-refractivity contribution in [1.29, 1.82) is 0 Å². The third kappa shape index (κ3) is 4.00. The average molecular weight is 459 g/mol. The van der Waals surface area contributed by atoms with E-state index in [1.54, 1.807) is 17.0 Å². The molecular weight excluding hydrogens is 435 g/mol. The quantitative estimate of drug-likeness (QED) is 0.693. The Labute approximate surface area is 189 Å². The molecule has 2 aromatic carbocycles. The van der Waals surface area contributed by atoms with Crippen LogP contribution in [0.1, 0.15) is 26.3 Å². The van der Waals surface area contributed by atoms with Gasteiger partial charge in [0, 0.05) is 43.9 Å². The molecule has 0 aromatic heterocycles. The number of hydrogen-bond donors (Lipinski definition) is 0. The number of carbonyl (C=O) groups is 2. The predicted octanol–water partition coefficient (Wildman–Crippen LogP) is 2.76. The van der Waals surface area contributed by atoms with Crippen molar-refractivity contribution >= 4 is 11.8 Å². The van der Waals surface area contributed by atoms with Crippen LogP contribution in [-0.2, 0) is 10.9 Å². The molecule has 1 atom stereocenters. The molecule has 0 radical (unpaired) electrons. The third-order valence-corrected chi connectivity index (χ3v) is 6.78. The van der Waals surface area contributed by atoms with Gasteiger partial charge in [0.1, 0.15) is 0 Å². The fourth-order valence-electron chi connectivity index (χ4n) is 5.19. The monoisotopic (exact) mass is 459 g/mol. The smallest absolute Gasteiger partial charge is 0.378 e. The van der Waals surface area contributed by atoms with E-state index in [0.717, 1.165) is 18.7 Å². The van der Waals surface area contributed by atoms with E-state index in [-0.39, 0.29) is 29.0 Å². The number of benzene rings is 2. The number of likely N-dealkylation sites (tertiary alicyclic amines) is 1. The third-order valence-electron chi connectivity index (χ3n) is 6.78. The van der Waals surface area contributed by atoms with E-state index in [1.807, 2.05) is 23.1 Å². The zero-order valence-corrected chi connectivity index (χ0v) is 17.9. The van der Waals surface area contributed by atoms with Crippen LogP contribution in [0.25, 0.3) is 0 Å². The highest BCUT2D eigenvalue weighted by Gasteiger charge is 2.56. The van der Waals surface area contributed by atoms with E-state index >= 15 is 0 Å². The van der Waals surface area contributed by atoms with Crippen LogP contribution in [0, 0.1) is 0 Å². The maximum atomic E-state index is 13.1. The van der Waals surface area contributed by atoms with E-state index in [2.05, 4.69) is 4.90 Å². The minimum atomic E-state index is -4.44. The number of fused-ring (bicyclic) bond motifs is 2. The average Bonchev–Trinajstić information content (AvgIpc) is 2.81. The minimum Gasteiger partial charge on any atom is -0.378 e. The summed E-state index contributed by atoms with van der Waals surface area (Å²) in [4.78, 5) is 31.9. The number of halogens is 3. The number of amides is 2. The molecule has 3 aliphatic heterocycles. The van der Waals surface area contributed by atoms with Crippen LogP contribution in [-0.4, -0.2) is 84.0 Å². The molecule has 0 aliphatic carbocycles. The number of rotatable bonds is 2. The van der Waals surface area contributed by atoms with Crippen molar-refractivity contribution in [3.05, 3.63) is 71.3 Å². The molecule has 3 heterocycles. The molecule has 9 heteroatoms. The van der Waals surface area contributed by atoms with Crippen LogP contribution in [0.3, 0.4) is 0 Å². The lowest BCUT2D eigenvalue weighted by atomic mass is 9.82. The summed E-state index contributed by atoms with van der Waals surface area (Å²) < 4.78 is 44.2. The highest BCUT2D eigenvalue weighted by atomic mass is 19.4. The number of alkyl halides is 3. The molecule has 3 fully saturated rings. The Balaban J connectivity index is 1.33. The van der Waals surface area contributed by atoms with Crippen LogP contribution < -0.4 is 0 Å². The summed E-state index contributed by atoms with van der Waals surface area (Å²) in [6.07, 6.45) is -4.44. The van der Waals surface area contributed by atoms with Gasteiger partial charge in [0.2, 0.25) is 0 Å². The van der Waals surface area contributed by atoms with Crippen molar-refractivity contribution in [2.24, 2.45) is 0 Å². The Morgan fingerprint density at radius 2 is 1.48 bits per heavy atom. The van der Waals surface area contributed by atoms with E-state index in [9.17, 15) is 22.8 Å². The molecule has 2 amide bonds. The van der Waals surface area contributed by atoms with Crippen molar-refractivity contribution < 1.29 is 27.5 Å². The van der Waals surface area contributed by atoms with Gasteiger partial charge in [-0.2, -0.15) is 13.2 Å². The summed E-state index contributed by atoms with van der Waals surface area (Å²) in [5.74, 6) is -0.349. The maximum Gasteiger partial charge on any atom is 0.416 e. The number of ether oxygens (including phenoxy) is 1. The number of hydrogen-bond acceptors (Lipinski definition) is 4. The molecule has 2 aromatic rings. The summed E-state index contributed by atoms with van der Waals surface area (Å²) in [7, 11) is 0. The summed E-state index contributed by atoms with van der Waals surface area (Å²) in [5, 5.41) is 0. The van der Waals surface area contributed by atoms with Gasteiger partial charge < -0.3 is 14.5 Å². The first-order valence-electron chi connectivity index (χ1n) is 10.9. The van der Waals surface area contributed by atoms with Crippen molar-refractivity contribution in [1.82, 2.24) is 14.7 Å². The van der Waals surface area contributed by atoms with Crippen LogP contribution in [0.4, 0.5) is 13.2 Å². The normalized spacial score (nSPS) is 22.6. The van der Waals surface area contributed by atoms with Gasteiger partial charge in [0.15, 0.2) is 0 Å². The predicted molar refractivity (Wildman–Crippen MR) is 114 cm³/mol. The molecule has 3 aliphatic rings. The zero-order valence-electron chi connectivity index (χ0n) is 17.9. The first kappa shape index (κ1) is 21.9. The fraction of sp³-hybridized carbons (Fsp3) is 0.417. The number of carbonyl (C=O) groups excluding carboxylic acids is 2. The lowest BCUT2D eigenvalue weighted by Crippen LogP contribution is -2.81. The molecule has 174 valence electrons. The second kappa shape index (κ2) is 8.14. The van der Waals surface area contributed by atoms with Gasteiger partial charge in [0.05, 0.1) is 30.4 Å². The van der Waals surface area contributed by atoms with E-state index in [1.165, 1.54) is 12.1 Å². The highest BCUT2D eigenvalue weighted by Crippen LogP contribution is 2.37. The second-order valence-corrected chi connectivity index (χ2v) is 8.93. The zero-order chi connectivity index (χ0) is 23.2. The Morgan fingerprint density at radius 3 is 2.15 bits per heavy atom. The van der Waals surface area contributed by atoms with Crippen LogP contribution >= 0.6 is 0 Å². The molecule has 6 nitrogen and oxygen atoms in total. The molecule has 0 bridgehead atoms. The SMILES string of the molecule is O=C(c1ccccc1)N1CC2COCCN2C2(C1)CN(C(=O)c1ccc(C(F)(F)F)cc1)C2. The number of morpholine rings is 1. The van der Waals surface area contributed by atoms with Gasteiger partial charge >= 0.3 is 6.18 Å². The van der Waals surface area contributed by atoms with Gasteiger partial charge in [-0.25, -0.2) is 0 Å². The van der Waals surface area contributed by atoms with Crippen LogP contribution in [0.5, 0.6) is 0 Å². The molecule has 0 N–H and O–H groups in total. The van der Waals surface area contributed by atoms with Crippen LogP contribution in [0.15, 0.2) is 54.6 Å². The van der Waals surface area contributed by atoms with Crippen molar-refractivity contribution in [2.45, 2.75) is 17.8 Å². The van der Waals surface area contributed by atoms with E-state index in [0.29, 0.717) is 45.0 Å². The topological polar surface area (TPSA) is 53.1 Å². The molecular formula is C24H24F3N3O3. The maximum absolute atomic E-state index is 13.1. The summed E-state index contributed by atoms with van der Waals surface area (Å²) >= 11 is 0. The molecule has 33 heavy (non-hydrogen) atoms. The second-order valence-electron chi connectivity index (χ2n) is 8.93. The molecule has 0 saturated carbocycles. The van der Waals surface area contributed by atoms with Gasteiger partial charge in [-0.15, -0.1) is 0 Å². The Bertz CT molecular complexity index is 1040. The van der Waals surface area contributed by atoms with Crippen molar-refractivity contribution in [2.75, 3.05) is 45.9 Å². The minimum absolute atomic E-state index is 0.0449. The van der Waals surface area contributed by atoms with E-state index < -0.39 is 11.7 Å². The van der Waals surface area contributed by atoms with Crippen molar-refractivity contribution in [3.8, 4) is 0 Å². The standard InChI is InChI=1S/C24H24F3N3O3/c25-24(26,27)19-8-6-18(7-9-19)22(32)29-15-23(16-29)14-28(12-20-13-33-11-10-30(20)23)21(31)17-4-2-1-3-5-17/h1-9,20H,10-16H2. The lowest BCUT2D eigenvalue weighted by Gasteiger charge is -2.63. The highest BCUT2D eigenvalue weighted by molar-refractivity contribution is 5.96. The van der Waals surface area contributed by atoms with Crippen molar-refractivity contribution in [3.63, 3.8) is 0 Å². The van der Waals surface area contributed by atoms with Gasteiger partial charge in [0.25, 0.3) is 11.8 Å². The molecule has 5 rings (SSSR count).